The normalized spacial score (nSPS) is 33.8. The van der Waals surface area contributed by atoms with Gasteiger partial charge in [-0.1, -0.05) is 74.9 Å². The Morgan fingerprint density at radius 2 is 1.79 bits per heavy atom. The van der Waals surface area contributed by atoms with Crippen LogP contribution in [0.3, 0.4) is 0 Å². The lowest BCUT2D eigenvalue weighted by Crippen LogP contribution is -2.58. The minimum Gasteiger partial charge on any atom is -0.394 e. The Labute approximate surface area is 288 Å². The van der Waals surface area contributed by atoms with Crippen LogP contribution in [0.25, 0.3) is 0 Å². The molecule has 6 heteroatoms. The molecule has 6 aliphatic carbocycles. The summed E-state index contributed by atoms with van der Waals surface area (Å²) in [4.78, 5) is 16.5. The van der Waals surface area contributed by atoms with Crippen molar-refractivity contribution >= 4 is 5.78 Å². The van der Waals surface area contributed by atoms with E-state index in [9.17, 15) is 25.2 Å². The summed E-state index contributed by atoms with van der Waals surface area (Å²) in [5, 5.41) is 44.5. The third-order valence-electron chi connectivity index (χ3n) is 13.6. The molecule has 0 amide bonds. The van der Waals surface area contributed by atoms with Gasteiger partial charge in [0.2, 0.25) is 0 Å². The smallest absolute Gasteiger partial charge is 0.193 e. The van der Waals surface area contributed by atoms with E-state index in [-0.39, 0.29) is 18.3 Å². The molecule has 262 valence electrons. The van der Waals surface area contributed by atoms with Crippen LogP contribution in [0.1, 0.15) is 118 Å². The van der Waals surface area contributed by atoms with Crippen LogP contribution in [0, 0.1) is 28.6 Å². The number of aliphatic hydroxyl groups excluding tert-OH is 3. The van der Waals surface area contributed by atoms with Crippen LogP contribution in [0.4, 0.5) is 0 Å². The maximum atomic E-state index is 14.2. The van der Waals surface area contributed by atoms with E-state index >= 15 is 0 Å². The quantitative estimate of drug-likeness (QED) is 0.177. The van der Waals surface area contributed by atoms with Crippen LogP contribution < -0.4 is 0 Å². The number of nitrogens with zero attached hydrogens (tertiary/aromatic N) is 1. The highest BCUT2D eigenvalue weighted by molar-refractivity contribution is 6.10. The van der Waals surface area contributed by atoms with Crippen molar-refractivity contribution in [1.29, 1.82) is 0 Å². The second kappa shape index (κ2) is 14.1. The summed E-state index contributed by atoms with van der Waals surface area (Å²) in [6, 6.07) is 15.6. The molecule has 0 aliphatic heterocycles. The predicted molar refractivity (Wildman–Crippen MR) is 191 cm³/mol. The summed E-state index contributed by atoms with van der Waals surface area (Å²) in [5.74, 6) is 1.90. The average Bonchev–Trinajstić information content (AvgIpc) is 3.32. The van der Waals surface area contributed by atoms with Crippen LogP contribution in [0.2, 0.25) is 0 Å². The Hall–Kier alpha value is -2.35. The molecule has 2 aromatic rings. The van der Waals surface area contributed by atoms with Gasteiger partial charge in [-0.2, -0.15) is 0 Å². The van der Waals surface area contributed by atoms with Crippen molar-refractivity contribution in [3.63, 3.8) is 0 Å². The van der Waals surface area contributed by atoms with Crippen molar-refractivity contribution in [2.75, 3.05) is 26.2 Å². The van der Waals surface area contributed by atoms with Crippen molar-refractivity contribution in [1.82, 2.24) is 4.90 Å². The number of allylic oxidation sites excluding steroid dienone is 2. The fourth-order valence-electron chi connectivity index (χ4n) is 10.4. The summed E-state index contributed by atoms with van der Waals surface area (Å²) in [5.41, 5.74) is 3.25. The van der Waals surface area contributed by atoms with Gasteiger partial charge in [-0.15, -0.1) is 0 Å². The maximum Gasteiger partial charge on any atom is 0.193 e. The summed E-state index contributed by atoms with van der Waals surface area (Å²) >= 11 is 0. The minimum atomic E-state index is -1.06. The highest BCUT2D eigenvalue weighted by Crippen LogP contribution is 2.62. The molecule has 0 unspecified atom stereocenters. The molecule has 48 heavy (non-hydrogen) atoms. The number of rotatable bonds is 9. The number of hydrogen-bond acceptors (Lipinski definition) is 6. The lowest BCUT2D eigenvalue weighted by atomic mass is 9.45. The van der Waals surface area contributed by atoms with Crippen molar-refractivity contribution in [2.24, 2.45) is 28.6 Å². The van der Waals surface area contributed by atoms with Gasteiger partial charge < -0.3 is 20.4 Å². The van der Waals surface area contributed by atoms with E-state index in [1.165, 1.54) is 24.8 Å². The van der Waals surface area contributed by atoms with Gasteiger partial charge >= 0.3 is 0 Å². The van der Waals surface area contributed by atoms with Gasteiger partial charge in [0, 0.05) is 36.2 Å². The van der Waals surface area contributed by atoms with Crippen LogP contribution in [-0.2, 0) is 6.42 Å². The van der Waals surface area contributed by atoms with Crippen LogP contribution in [0.5, 0.6) is 0 Å². The molecular weight excluding hydrogens is 598 g/mol. The molecule has 0 aromatic heterocycles. The number of fused-ring (bicyclic) bond motifs is 10. The van der Waals surface area contributed by atoms with Gasteiger partial charge in [0.15, 0.2) is 5.78 Å². The van der Waals surface area contributed by atoms with Crippen LogP contribution >= 0.6 is 0 Å². The zero-order valence-electron chi connectivity index (χ0n) is 29.7. The Kier molecular flexibility index (Phi) is 10.4. The number of hydrogen-bond donors (Lipinski definition) is 4. The van der Waals surface area contributed by atoms with E-state index < -0.39 is 23.2 Å². The van der Waals surface area contributed by atoms with Crippen molar-refractivity contribution in [3.05, 3.63) is 82.4 Å². The number of ketones is 1. The molecular formula is C42H59NO5. The first-order chi connectivity index (χ1) is 22.8. The van der Waals surface area contributed by atoms with E-state index in [2.05, 4.69) is 50.8 Å². The standard InChI is InChI=1S/C42H59NO5/c1-28-9-8-19-41(4)37(35-17-13-29(21-33(45)16-12-28)22-36(35)39(47)30-10-6-5-7-11-30)18-20-42(41,48)27-43(25-34(46)26-44)24-31-14-15-32-23-38(31)40(32,2)3/h5-7,9-11,13,17,22,31-34,37-38,44-46,48H,8,12,14-16,18-21,23-27H2,1-4H3/t31-,32-,33-,34-,37-,38-,41-,42+/m0/s1. The molecule has 4 bridgehead atoms. The zero-order chi connectivity index (χ0) is 34.3. The summed E-state index contributed by atoms with van der Waals surface area (Å²) in [7, 11) is 0. The Morgan fingerprint density at radius 1 is 1.02 bits per heavy atom. The predicted octanol–water partition coefficient (Wildman–Crippen LogP) is 6.68. The first-order valence-electron chi connectivity index (χ1n) is 18.6. The van der Waals surface area contributed by atoms with E-state index in [1.807, 2.05) is 36.4 Å². The Balaban J connectivity index is 1.38. The Morgan fingerprint density at radius 3 is 2.50 bits per heavy atom. The second-order valence-electron chi connectivity index (χ2n) is 16.9. The molecule has 4 fully saturated rings. The number of aliphatic hydroxyl groups is 4. The minimum absolute atomic E-state index is 0.0195. The van der Waals surface area contributed by atoms with Gasteiger partial charge in [0.1, 0.15) is 0 Å². The number of benzene rings is 2. The maximum absolute atomic E-state index is 14.2. The third kappa shape index (κ3) is 6.85. The molecule has 0 radical (unpaired) electrons. The highest BCUT2D eigenvalue weighted by Gasteiger charge is 2.58. The van der Waals surface area contributed by atoms with Gasteiger partial charge in [-0.3, -0.25) is 9.69 Å². The van der Waals surface area contributed by atoms with Crippen LogP contribution in [-0.4, -0.2) is 75.2 Å². The van der Waals surface area contributed by atoms with Gasteiger partial charge in [-0.25, -0.2) is 0 Å². The molecule has 2 aromatic carbocycles. The lowest BCUT2D eigenvalue weighted by Gasteiger charge is -2.61. The Bertz CT molecular complexity index is 1470. The third-order valence-corrected chi connectivity index (χ3v) is 13.6. The molecule has 6 aliphatic rings. The topological polar surface area (TPSA) is 101 Å². The van der Waals surface area contributed by atoms with E-state index in [1.54, 1.807) is 0 Å². The molecule has 0 saturated heterocycles. The van der Waals surface area contributed by atoms with Crippen molar-refractivity contribution in [3.8, 4) is 0 Å². The number of carbonyl (C=O) groups is 1. The molecule has 4 saturated carbocycles. The molecule has 0 heterocycles. The second-order valence-corrected chi connectivity index (χ2v) is 16.9. The summed E-state index contributed by atoms with van der Waals surface area (Å²) in [6.07, 6.45) is 9.51. The fraction of sp³-hybridized carbons (Fsp3) is 0.643. The van der Waals surface area contributed by atoms with E-state index in [0.29, 0.717) is 60.7 Å². The molecule has 0 spiro atoms. The fourth-order valence-corrected chi connectivity index (χ4v) is 10.4. The van der Waals surface area contributed by atoms with Gasteiger partial charge in [-0.05, 0) is 117 Å². The van der Waals surface area contributed by atoms with Crippen LogP contribution in [0.15, 0.2) is 60.2 Å². The van der Waals surface area contributed by atoms with Gasteiger partial charge in [0.05, 0.1) is 24.4 Å². The molecule has 8 rings (SSSR count). The highest BCUT2D eigenvalue weighted by atomic mass is 16.3. The molecule has 4 N–H and O–H groups in total. The average molecular weight is 658 g/mol. The van der Waals surface area contributed by atoms with Crippen molar-refractivity contribution < 1.29 is 25.2 Å². The summed E-state index contributed by atoms with van der Waals surface area (Å²) < 4.78 is 0. The first kappa shape index (κ1) is 35.5. The van der Waals surface area contributed by atoms with E-state index in [4.69, 9.17) is 0 Å². The summed E-state index contributed by atoms with van der Waals surface area (Å²) in [6.45, 7) is 10.5. The molecule has 6 nitrogen and oxygen atoms in total. The monoisotopic (exact) mass is 657 g/mol. The largest absolute Gasteiger partial charge is 0.394 e. The van der Waals surface area contributed by atoms with E-state index in [0.717, 1.165) is 49.3 Å². The zero-order valence-corrected chi connectivity index (χ0v) is 29.7. The van der Waals surface area contributed by atoms with Crippen molar-refractivity contribution in [2.45, 2.75) is 116 Å². The lowest BCUT2D eigenvalue weighted by molar-refractivity contribution is -0.126. The SMILES string of the molecule is CC1=CCC[C@@]2(C)[C@@H](CC[C@@]2(O)CN(C[C@H](O)CO)C[C@@H]2CC[C@H]3C[C@@H]2C3(C)C)c2ccc(cc2C(=O)c2ccccc2)C[C@@H](O)CC1. The first-order valence-corrected chi connectivity index (χ1v) is 18.6. The number of carbonyl (C=O) groups excluding carboxylic acids is 1. The van der Waals surface area contributed by atoms with Gasteiger partial charge in [0.25, 0.3) is 0 Å². The molecule has 8 atom stereocenters.